The highest BCUT2D eigenvalue weighted by molar-refractivity contribution is 7.14. The van der Waals surface area contributed by atoms with Crippen LogP contribution in [0.1, 0.15) is 54.4 Å². The van der Waals surface area contributed by atoms with Gasteiger partial charge in [-0.2, -0.15) is 0 Å². The van der Waals surface area contributed by atoms with Crippen LogP contribution >= 0.6 is 11.3 Å². The summed E-state index contributed by atoms with van der Waals surface area (Å²) in [5, 5.41) is 3.40. The van der Waals surface area contributed by atoms with Crippen molar-refractivity contribution >= 4 is 16.5 Å². The van der Waals surface area contributed by atoms with Crippen LogP contribution in [0.25, 0.3) is 11.3 Å². The van der Waals surface area contributed by atoms with Gasteiger partial charge in [-0.15, -0.1) is 11.3 Å². The molecular formula is C21H30N2S. The summed E-state index contributed by atoms with van der Waals surface area (Å²) in [7, 11) is 2.21. The number of thiazole rings is 1. The summed E-state index contributed by atoms with van der Waals surface area (Å²) in [5.74, 6) is 0.848. The van der Waals surface area contributed by atoms with Crippen molar-refractivity contribution in [2.24, 2.45) is 5.92 Å². The van der Waals surface area contributed by atoms with Crippen LogP contribution in [0.15, 0.2) is 11.4 Å². The van der Waals surface area contributed by atoms with Gasteiger partial charge in [0.1, 0.15) is 0 Å². The number of aryl methyl sites for hydroxylation is 2. The van der Waals surface area contributed by atoms with Crippen molar-refractivity contribution in [3.05, 3.63) is 33.7 Å². The summed E-state index contributed by atoms with van der Waals surface area (Å²) >= 11 is 1.78. The van der Waals surface area contributed by atoms with Crippen LogP contribution in [-0.2, 0) is 0 Å². The average Bonchev–Trinajstić information content (AvgIpc) is 3.04. The Morgan fingerprint density at radius 2 is 1.67 bits per heavy atom. The third kappa shape index (κ3) is 3.51. The second kappa shape index (κ2) is 7.26. The molecule has 1 saturated carbocycles. The highest BCUT2D eigenvalue weighted by Crippen LogP contribution is 2.35. The van der Waals surface area contributed by atoms with E-state index in [9.17, 15) is 0 Å². The predicted octanol–water partition coefficient (Wildman–Crippen LogP) is 6.06. The maximum atomic E-state index is 4.99. The normalized spacial score (nSPS) is 15.7. The minimum Gasteiger partial charge on any atom is -0.351 e. The van der Waals surface area contributed by atoms with E-state index in [1.165, 1.54) is 59.9 Å². The van der Waals surface area contributed by atoms with Gasteiger partial charge < -0.3 is 4.90 Å². The topological polar surface area (TPSA) is 16.1 Å². The second-order valence-corrected chi connectivity index (χ2v) is 8.37. The van der Waals surface area contributed by atoms with E-state index in [4.69, 9.17) is 4.98 Å². The van der Waals surface area contributed by atoms with Crippen LogP contribution < -0.4 is 4.90 Å². The smallest absolute Gasteiger partial charge is 0.185 e. The first-order valence-corrected chi connectivity index (χ1v) is 10.1. The monoisotopic (exact) mass is 342 g/mol. The lowest BCUT2D eigenvalue weighted by atomic mass is 9.89. The number of hydrogen-bond acceptors (Lipinski definition) is 3. The molecule has 1 aromatic carbocycles. The van der Waals surface area contributed by atoms with Crippen LogP contribution in [0.3, 0.4) is 0 Å². The first-order valence-electron chi connectivity index (χ1n) is 9.21. The van der Waals surface area contributed by atoms with Gasteiger partial charge in [-0.1, -0.05) is 25.3 Å². The molecule has 2 aromatic rings. The molecule has 3 rings (SSSR count). The van der Waals surface area contributed by atoms with Gasteiger partial charge >= 0.3 is 0 Å². The third-order valence-corrected chi connectivity index (χ3v) is 6.65. The van der Waals surface area contributed by atoms with Gasteiger partial charge in [-0.05, 0) is 68.7 Å². The predicted molar refractivity (Wildman–Crippen MR) is 106 cm³/mol. The highest BCUT2D eigenvalue weighted by Gasteiger charge is 2.19. The summed E-state index contributed by atoms with van der Waals surface area (Å²) in [6, 6.07) is 2.29. The van der Waals surface area contributed by atoms with Gasteiger partial charge in [-0.25, -0.2) is 4.98 Å². The van der Waals surface area contributed by atoms with Gasteiger partial charge in [0.2, 0.25) is 0 Å². The molecule has 1 aliphatic rings. The Bertz CT molecular complexity index is 685. The zero-order valence-corrected chi connectivity index (χ0v) is 16.6. The van der Waals surface area contributed by atoms with Gasteiger partial charge in [0.05, 0.1) is 5.69 Å². The SMILES string of the molecule is Cc1cc(C)c(C)c(-c2csc(N(C)CC3CCCCC3)n2)c1C. The van der Waals surface area contributed by atoms with E-state index in [1.807, 2.05) is 0 Å². The molecule has 2 nitrogen and oxygen atoms in total. The summed E-state index contributed by atoms with van der Waals surface area (Å²) in [4.78, 5) is 7.37. The molecule has 0 bridgehead atoms. The summed E-state index contributed by atoms with van der Waals surface area (Å²) in [6.45, 7) is 10.0. The minimum absolute atomic E-state index is 0.848. The fraction of sp³-hybridized carbons (Fsp3) is 0.571. The van der Waals surface area contributed by atoms with Crippen molar-refractivity contribution in [2.75, 3.05) is 18.5 Å². The summed E-state index contributed by atoms with van der Waals surface area (Å²) in [6.07, 6.45) is 7.01. The number of benzene rings is 1. The van der Waals surface area contributed by atoms with E-state index in [0.717, 1.165) is 23.3 Å². The van der Waals surface area contributed by atoms with Crippen molar-refractivity contribution in [2.45, 2.75) is 59.8 Å². The van der Waals surface area contributed by atoms with Gasteiger partial charge in [-0.3, -0.25) is 0 Å². The van der Waals surface area contributed by atoms with Gasteiger partial charge in [0, 0.05) is 24.5 Å². The van der Waals surface area contributed by atoms with E-state index in [1.54, 1.807) is 11.3 Å². The molecule has 0 N–H and O–H groups in total. The standard InChI is InChI=1S/C21H30N2S/c1-14-11-15(2)17(4)20(16(14)3)19-13-24-21(22-19)23(5)12-18-9-7-6-8-10-18/h11,13,18H,6-10,12H2,1-5H3. The molecule has 0 amide bonds. The minimum atomic E-state index is 0.848. The Morgan fingerprint density at radius 3 is 2.29 bits per heavy atom. The molecular weight excluding hydrogens is 312 g/mol. The first-order chi connectivity index (χ1) is 11.5. The molecule has 0 unspecified atom stereocenters. The van der Waals surface area contributed by atoms with Crippen molar-refractivity contribution in [1.82, 2.24) is 4.98 Å². The van der Waals surface area contributed by atoms with Crippen molar-refractivity contribution < 1.29 is 0 Å². The van der Waals surface area contributed by atoms with E-state index in [-0.39, 0.29) is 0 Å². The number of aromatic nitrogens is 1. The maximum Gasteiger partial charge on any atom is 0.185 e. The van der Waals surface area contributed by atoms with Crippen molar-refractivity contribution in [1.29, 1.82) is 0 Å². The highest BCUT2D eigenvalue weighted by atomic mass is 32.1. The summed E-state index contributed by atoms with van der Waals surface area (Å²) < 4.78 is 0. The molecule has 1 aliphatic carbocycles. The Balaban J connectivity index is 1.83. The van der Waals surface area contributed by atoms with Gasteiger partial charge in [0.15, 0.2) is 5.13 Å². The van der Waals surface area contributed by atoms with Crippen LogP contribution in [0.5, 0.6) is 0 Å². The van der Waals surface area contributed by atoms with Crippen LogP contribution in [0, 0.1) is 33.6 Å². The van der Waals surface area contributed by atoms with E-state index in [2.05, 4.69) is 51.1 Å². The third-order valence-electron chi connectivity index (χ3n) is 5.70. The molecule has 1 heterocycles. The van der Waals surface area contributed by atoms with Crippen molar-refractivity contribution in [3.63, 3.8) is 0 Å². The fourth-order valence-corrected chi connectivity index (χ4v) is 4.78. The molecule has 1 aromatic heterocycles. The molecule has 0 spiro atoms. The lowest BCUT2D eigenvalue weighted by Crippen LogP contribution is -2.26. The average molecular weight is 343 g/mol. The number of nitrogens with zero attached hydrogens (tertiary/aromatic N) is 2. The summed E-state index contributed by atoms with van der Waals surface area (Å²) in [5.41, 5.74) is 7.93. The lowest BCUT2D eigenvalue weighted by Gasteiger charge is -2.26. The Labute approximate surface area is 150 Å². The Morgan fingerprint density at radius 1 is 1.04 bits per heavy atom. The van der Waals surface area contributed by atoms with Crippen LogP contribution in [0.2, 0.25) is 0 Å². The Kier molecular flexibility index (Phi) is 5.29. The second-order valence-electron chi connectivity index (χ2n) is 7.54. The first kappa shape index (κ1) is 17.5. The van der Waals surface area contributed by atoms with Crippen LogP contribution in [-0.4, -0.2) is 18.6 Å². The van der Waals surface area contributed by atoms with E-state index >= 15 is 0 Å². The van der Waals surface area contributed by atoms with Crippen LogP contribution in [0.4, 0.5) is 5.13 Å². The zero-order valence-electron chi connectivity index (χ0n) is 15.8. The molecule has 1 fully saturated rings. The van der Waals surface area contributed by atoms with E-state index in [0.29, 0.717) is 0 Å². The number of anilines is 1. The Hall–Kier alpha value is -1.35. The number of hydrogen-bond donors (Lipinski definition) is 0. The molecule has 3 heteroatoms. The molecule has 0 aliphatic heterocycles. The van der Waals surface area contributed by atoms with Crippen molar-refractivity contribution in [3.8, 4) is 11.3 Å². The lowest BCUT2D eigenvalue weighted by molar-refractivity contribution is 0.362. The molecule has 130 valence electrons. The zero-order chi connectivity index (χ0) is 17.3. The largest absolute Gasteiger partial charge is 0.351 e. The molecule has 0 radical (unpaired) electrons. The molecule has 0 atom stereocenters. The van der Waals surface area contributed by atoms with E-state index < -0.39 is 0 Å². The maximum absolute atomic E-state index is 4.99. The number of rotatable bonds is 4. The molecule has 24 heavy (non-hydrogen) atoms. The van der Waals surface area contributed by atoms with Gasteiger partial charge in [0.25, 0.3) is 0 Å². The fourth-order valence-electron chi connectivity index (χ4n) is 3.99. The quantitative estimate of drug-likeness (QED) is 0.671. The molecule has 0 saturated heterocycles.